The zero-order chi connectivity index (χ0) is 20.6. The van der Waals surface area contributed by atoms with Gasteiger partial charge in [0.25, 0.3) is 0 Å². The van der Waals surface area contributed by atoms with Crippen molar-refractivity contribution in [1.82, 2.24) is 4.31 Å². The number of carbonyl (C=O) groups is 2. The molecule has 1 fully saturated rings. The van der Waals surface area contributed by atoms with Gasteiger partial charge in [0.1, 0.15) is 12.2 Å². The summed E-state index contributed by atoms with van der Waals surface area (Å²) in [7, 11) is -3.81. The van der Waals surface area contributed by atoms with Crippen molar-refractivity contribution in [3.05, 3.63) is 48.3 Å². The van der Waals surface area contributed by atoms with Gasteiger partial charge in [-0.2, -0.15) is 4.31 Å². The zero-order valence-electron chi connectivity index (χ0n) is 15.4. The number of anilines is 3. The van der Waals surface area contributed by atoms with Crippen LogP contribution in [0.1, 0.15) is 6.42 Å². The molecule has 2 aromatic carbocycles. The number of rotatable bonds is 3. The summed E-state index contributed by atoms with van der Waals surface area (Å²) in [5, 5.41) is 5.12. The lowest BCUT2D eigenvalue weighted by molar-refractivity contribution is -0.123. The maximum atomic E-state index is 14.0. The van der Waals surface area contributed by atoms with E-state index < -0.39 is 21.8 Å². The second-order valence-corrected chi connectivity index (χ2v) is 8.76. The van der Waals surface area contributed by atoms with Gasteiger partial charge < -0.3 is 15.5 Å². The molecule has 0 aromatic heterocycles. The summed E-state index contributed by atoms with van der Waals surface area (Å²) in [5.41, 5.74) is 1.05. The molecule has 4 rings (SSSR count). The highest BCUT2D eigenvalue weighted by molar-refractivity contribution is 7.89. The van der Waals surface area contributed by atoms with Gasteiger partial charge in [0.2, 0.25) is 21.8 Å². The summed E-state index contributed by atoms with van der Waals surface area (Å²) in [6.07, 6.45) is -0.325. The number of para-hydroxylation sites is 1. The van der Waals surface area contributed by atoms with Gasteiger partial charge in [-0.15, -0.1) is 0 Å². The third-order valence-electron chi connectivity index (χ3n) is 4.93. The fraction of sp³-hybridized carbons (Fsp3) is 0.263. The fourth-order valence-corrected chi connectivity index (χ4v) is 4.91. The number of nitrogens with zero attached hydrogens (tertiary/aromatic N) is 2. The van der Waals surface area contributed by atoms with E-state index in [4.69, 9.17) is 0 Å². The molecule has 0 saturated carbocycles. The molecular weight excluding hydrogens is 399 g/mol. The molecule has 0 radical (unpaired) electrons. The number of nitrogens with one attached hydrogen (secondary N) is 2. The molecule has 2 aliphatic rings. The van der Waals surface area contributed by atoms with E-state index in [2.05, 4.69) is 10.6 Å². The molecule has 0 bridgehead atoms. The molecular formula is C19H19FN4O4S. The van der Waals surface area contributed by atoms with Crippen LogP contribution >= 0.6 is 0 Å². The first kappa shape index (κ1) is 19.3. The van der Waals surface area contributed by atoms with Crippen molar-refractivity contribution >= 4 is 38.9 Å². The lowest BCUT2D eigenvalue weighted by Crippen LogP contribution is -2.48. The smallest absolute Gasteiger partial charge is 0.243 e. The Labute approximate surface area is 167 Å². The van der Waals surface area contributed by atoms with E-state index in [0.29, 0.717) is 24.5 Å². The molecule has 29 heavy (non-hydrogen) atoms. The highest BCUT2D eigenvalue weighted by atomic mass is 32.2. The summed E-state index contributed by atoms with van der Waals surface area (Å²) in [6.45, 7) is 1.13. The third-order valence-corrected chi connectivity index (χ3v) is 6.82. The van der Waals surface area contributed by atoms with Crippen LogP contribution in [0, 0.1) is 5.82 Å². The van der Waals surface area contributed by atoms with Crippen molar-refractivity contribution in [3.8, 4) is 0 Å². The van der Waals surface area contributed by atoms with Crippen LogP contribution in [0.2, 0.25) is 0 Å². The maximum absolute atomic E-state index is 14.0. The molecule has 2 amide bonds. The van der Waals surface area contributed by atoms with Gasteiger partial charge in [-0.3, -0.25) is 9.59 Å². The Morgan fingerprint density at radius 1 is 0.862 bits per heavy atom. The van der Waals surface area contributed by atoms with Crippen molar-refractivity contribution in [2.45, 2.75) is 11.3 Å². The summed E-state index contributed by atoms with van der Waals surface area (Å²) >= 11 is 0. The predicted molar refractivity (Wildman–Crippen MR) is 106 cm³/mol. The van der Waals surface area contributed by atoms with Crippen molar-refractivity contribution in [1.29, 1.82) is 0 Å². The number of carbonyl (C=O) groups excluding carboxylic acids is 2. The SMILES string of the molecule is O=C1CC(=O)Nc2cc(S(=O)(=O)N3CCN(c4ccccc4F)CC3)ccc2N1. The Balaban J connectivity index is 1.53. The molecule has 152 valence electrons. The van der Waals surface area contributed by atoms with Gasteiger partial charge in [-0.25, -0.2) is 12.8 Å². The molecule has 8 nitrogen and oxygen atoms in total. The van der Waals surface area contributed by atoms with Crippen LogP contribution in [0.4, 0.5) is 21.5 Å². The van der Waals surface area contributed by atoms with Crippen LogP contribution in [0.15, 0.2) is 47.4 Å². The van der Waals surface area contributed by atoms with Gasteiger partial charge in [0, 0.05) is 26.2 Å². The van der Waals surface area contributed by atoms with Crippen LogP contribution in [0.3, 0.4) is 0 Å². The standard InChI is InChI=1S/C19H19FN4O4S/c20-14-3-1-2-4-17(14)23-7-9-24(10-8-23)29(27,28)13-5-6-15-16(11-13)22-19(26)12-18(25)21-15/h1-6,11H,7-10,12H2,(H,21,25)(H,22,26). The Morgan fingerprint density at radius 2 is 1.52 bits per heavy atom. The zero-order valence-corrected chi connectivity index (χ0v) is 16.2. The van der Waals surface area contributed by atoms with Crippen molar-refractivity contribution < 1.29 is 22.4 Å². The quantitative estimate of drug-likeness (QED) is 0.738. The number of amides is 2. The van der Waals surface area contributed by atoms with Gasteiger partial charge >= 0.3 is 0 Å². The van der Waals surface area contributed by atoms with E-state index in [1.807, 2.05) is 4.90 Å². The van der Waals surface area contributed by atoms with Crippen molar-refractivity contribution in [3.63, 3.8) is 0 Å². The summed E-state index contributed by atoms with van der Waals surface area (Å²) in [5.74, 6) is -1.30. The number of halogens is 1. The lowest BCUT2D eigenvalue weighted by Gasteiger charge is -2.35. The average Bonchev–Trinajstić information content (AvgIpc) is 2.84. The molecule has 2 aromatic rings. The first-order valence-corrected chi connectivity index (χ1v) is 10.5. The van der Waals surface area contributed by atoms with E-state index in [-0.39, 0.29) is 35.9 Å². The van der Waals surface area contributed by atoms with Gasteiger partial charge in [-0.1, -0.05) is 12.1 Å². The second kappa shape index (κ2) is 7.45. The van der Waals surface area contributed by atoms with E-state index in [9.17, 15) is 22.4 Å². The number of sulfonamides is 1. The first-order chi connectivity index (χ1) is 13.8. The van der Waals surface area contributed by atoms with E-state index >= 15 is 0 Å². The molecule has 2 N–H and O–H groups in total. The number of benzene rings is 2. The summed E-state index contributed by atoms with van der Waals surface area (Å²) in [6, 6.07) is 10.6. The minimum Gasteiger partial charge on any atom is -0.367 e. The molecule has 2 aliphatic heterocycles. The number of piperazine rings is 1. The minimum atomic E-state index is -3.81. The topological polar surface area (TPSA) is 98.8 Å². The van der Waals surface area contributed by atoms with Crippen LogP contribution < -0.4 is 15.5 Å². The fourth-order valence-electron chi connectivity index (χ4n) is 3.46. The Bertz CT molecular complexity index is 1080. The van der Waals surface area contributed by atoms with Crippen LogP contribution in [0.25, 0.3) is 0 Å². The van der Waals surface area contributed by atoms with Gasteiger partial charge in [0.15, 0.2) is 0 Å². The Morgan fingerprint density at radius 3 is 2.21 bits per heavy atom. The Kier molecular flexibility index (Phi) is 4.97. The van der Waals surface area contributed by atoms with Crippen LogP contribution in [-0.2, 0) is 19.6 Å². The lowest BCUT2D eigenvalue weighted by atomic mass is 10.2. The predicted octanol–water partition coefficient (Wildman–Crippen LogP) is 1.62. The molecule has 0 aliphatic carbocycles. The molecule has 2 heterocycles. The van der Waals surface area contributed by atoms with E-state index in [0.717, 1.165) is 0 Å². The van der Waals surface area contributed by atoms with Gasteiger partial charge in [0.05, 0.1) is 22.0 Å². The summed E-state index contributed by atoms with van der Waals surface area (Å²) < 4.78 is 41.4. The highest BCUT2D eigenvalue weighted by Gasteiger charge is 2.30. The second-order valence-electron chi connectivity index (χ2n) is 6.82. The molecule has 0 unspecified atom stereocenters. The molecule has 0 atom stereocenters. The molecule has 1 saturated heterocycles. The number of fused-ring (bicyclic) bond motifs is 1. The number of hydrogen-bond donors (Lipinski definition) is 2. The highest BCUT2D eigenvalue weighted by Crippen LogP contribution is 2.30. The number of hydrogen-bond acceptors (Lipinski definition) is 5. The van der Waals surface area contributed by atoms with E-state index in [1.165, 1.54) is 28.6 Å². The van der Waals surface area contributed by atoms with Crippen molar-refractivity contribution in [2.24, 2.45) is 0 Å². The minimum absolute atomic E-state index is 0.0204. The van der Waals surface area contributed by atoms with E-state index in [1.54, 1.807) is 18.2 Å². The Hall–Kier alpha value is -2.98. The first-order valence-electron chi connectivity index (χ1n) is 9.08. The third kappa shape index (κ3) is 3.81. The molecule has 0 spiro atoms. The van der Waals surface area contributed by atoms with Gasteiger partial charge in [-0.05, 0) is 30.3 Å². The van der Waals surface area contributed by atoms with Crippen LogP contribution in [-0.4, -0.2) is 50.7 Å². The normalized spacial score (nSPS) is 17.9. The van der Waals surface area contributed by atoms with Crippen LogP contribution in [0.5, 0.6) is 0 Å². The largest absolute Gasteiger partial charge is 0.367 e. The maximum Gasteiger partial charge on any atom is 0.243 e. The average molecular weight is 418 g/mol. The summed E-state index contributed by atoms with van der Waals surface area (Å²) in [4.78, 5) is 25.2. The van der Waals surface area contributed by atoms with Crippen molar-refractivity contribution in [2.75, 3.05) is 41.7 Å². The monoisotopic (exact) mass is 418 g/mol. The molecule has 10 heteroatoms.